The largest absolute Gasteiger partial charge is 0.481 e. The maximum absolute atomic E-state index is 12.4. The van der Waals surface area contributed by atoms with Crippen LogP contribution in [0.15, 0.2) is 130 Å². The summed E-state index contributed by atoms with van der Waals surface area (Å²) in [7, 11) is -17.7. The molecule has 0 saturated carbocycles. The molecule has 0 amide bonds. The highest BCUT2D eigenvalue weighted by Crippen LogP contribution is 2.51. The van der Waals surface area contributed by atoms with Crippen molar-refractivity contribution >= 4 is 63.5 Å². The molecule has 0 spiro atoms. The lowest BCUT2D eigenvalue weighted by Gasteiger charge is -2.30. The zero-order chi connectivity index (χ0) is 50.0. The molecule has 0 bridgehead atoms. The molecule has 2 aromatic rings. The van der Waals surface area contributed by atoms with Gasteiger partial charge in [0, 0.05) is 53.9 Å². The first-order valence-corrected chi connectivity index (χ1v) is 28.5. The standard InChI is InChI=1S/C48H60N2O14S4/c1-47(29-13-16-33-65(53,54)55)40-35-38(67(59,60)61)25-27-42(40)49(31-15-7-12-24-46(51)52)44(47)22-10-6-11-23-45-48(2,30-14-17-34-66(56,57)58)41-36-39(68(62,63)64)26-28-43(41)50(45)32-18-21-37-19-8-4-3-5-9-20-37/h3-6,8-11,19-20,22-23,25-28,35-36H,7,12-18,21,24,29-34H2,1-2H3,(H4-,51,52,53,54,55,56,57,58,59,60,61,62,63,64)/p+1/b4-3-,5-3?,8-4?,9-5-,19-8-,20-9?,37-19?,37-20+. The summed E-state index contributed by atoms with van der Waals surface area (Å²) in [6.45, 7) is 4.73. The molecule has 0 radical (unpaired) electrons. The van der Waals surface area contributed by atoms with Gasteiger partial charge in [0.2, 0.25) is 5.69 Å². The van der Waals surface area contributed by atoms with Gasteiger partial charge in [0.05, 0.1) is 26.7 Å². The van der Waals surface area contributed by atoms with Crippen molar-refractivity contribution in [3.8, 4) is 0 Å². The molecule has 0 aromatic heterocycles. The van der Waals surface area contributed by atoms with Gasteiger partial charge in [-0.2, -0.15) is 38.2 Å². The van der Waals surface area contributed by atoms with Crippen LogP contribution in [0.5, 0.6) is 0 Å². The number of anilines is 1. The van der Waals surface area contributed by atoms with Crippen molar-refractivity contribution < 1.29 is 66.4 Å². The van der Waals surface area contributed by atoms with Gasteiger partial charge in [-0.25, -0.2) is 0 Å². The Morgan fingerprint density at radius 1 is 0.662 bits per heavy atom. The minimum atomic E-state index is -4.62. The maximum Gasteiger partial charge on any atom is 0.303 e. The first kappa shape index (κ1) is 54.1. The molecule has 2 atom stereocenters. The van der Waals surface area contributed by atoms with Crippen molar-refractivity contribution in [3.63, 3.8) is 0 Å². The third-order valence-electron chi connectivity index (χ3n) is 12.6. The van der Waals surface area contributed by atoms with Gasteiger partial charge in [0.25, 0.3) is 40.5 Å². The Morgan fingerprint density at radius 2 is 1.26 bits per heavy atom. The summed E-state index contributed by atoms with van der Waals surface area (Å²) in [4.78, 5) is 12.6. The highest BCUT2D eigenvalue weighted by molar-refractivity contribution is 7.86. The third-order valence-corrected chi connectivity index (χ3v) is 15.9. The lowest BCUT2D eigenvalue weighted by atomic mass is 9.75. The molecule has 5 N–H and O–H groups in total. The Bertz CT molecular complexity index is 2930. The quantitative estimate of drug-likeness (QED) is 0.0270. The molecule has 20 heteroatoms. The number of rotatable bonds is 25. The predicted molar refractivity (Wildman–Crippen MR) is 262 cm³/mol. The van der Waals surface area contributed by atoms with E-state index >= 15 is 0 Å². The van der Waals surface area contributed by atoms with E-state index in [0.29, 0.717) is 93.4 Å². The number of aliphatic carboxylic acids is 1. The number of unbranched alkanes of at least 4 members (excludes halogenated alkanes) is 4. The fourth-order valence-corrected chi connectivity index (χ4v) is 11.4. The summed E-state index contributed by atoms with van der Waals surface area (Å²) in [5.74, 6) is -1.85. The summed E-state index contributed by atoms with van der Waals surface area (Å²) in [5, 5.41) is 9.20. The molecule has 2 aromatic carbocycles. The van der Waals surface area contributed by atoms with Crippen molar-refractivity contribution in [2.45, 2.75) is 112 Å². The van der Waals surface area contributed by atoms with Gasteiger partial charge in [-0.05, 0) is 106 Å². The smallest absolute Gasteiger partial charge is 0.303 e. The molecule has 2 unspecified atom stereocenters. The number of nitrogens with zero attached hydrogens (tertiary/aromatic N) is 2. The summed E-state index contributed by atoms with van der Waals surface area (Å²) >= 11 is 0. The normalized spacial score (nSPS) is 22.6. The summed E-state index contributed by atoms with van der Waals surface area (Å²) < 4.78 is 137. The summed E-state index contributed by atoms with van der Waals surface area (Å²) in [6.07, 6.45) is 27.4. The second-order valence-electron chi connectivity index (χ2n) is 17.6. The third kappa shape index (κ3) is 14.6. The van der Waals surface area contributed by atoms with Crippen molar-refractivity contribution in [3.05, 3.63) is 132 Å². The highest BCUT2D eigenvalue weighted by Gasteiger charge is 2.48. The van der Waals surface area contributed by atoms with Gasteiger partial charge >= 0.3 is 5.97 Å². The number of hydrogen-bond donors (Lipinski definition) is 5. The SMILES string of the molecule is CC1(CCCCS(=O)(=O)O)C(/C=C/C=C/C=C2/N(CCCCCC(=O)O)c3ccc(S(=O)(=O)O)cc3C2(C)CCCCS(=O)(=O)O)=[N+](CCCC2=C/C=C\C=C/C=C\2)c2ccc(S(=O)(=O)O)cc21. The Morgan fingerprint density at radius 3 is 1.90 bits per heavy atom. The van der Waals surface area contributed by atoms with Crippen molar-refractivity contribution in [2.75, 3.05) is 29.5 Å². The van der Waals surface area contributed by atoms with E-state index in [9.17, 15) is 61.8 Å². The molecule has 2 aliphatic heterocycles. The Balaban J connectivity index is 1.58. The molecule has 3 aliphatic rings. The minimum absolute atomic E-state index is 0.00474. The monoisotopic (exact) mass is 1020 g/mol. The number of hydrogen-bond acceptors (Lipinski definition) is 10. The molecule has 2 heterocycles. The number of carbonyl (C=O) groups is 1. The predicted octanol–water partition coefficient (Wildman–Crippen LogP) is 8.46. The van der Waals surface area contributed by atoms with E-state index < -0.39 is 68.8 Å². The van der Waals surface area contributed by atoms with Crippen LogP contribution in [-0.4, -0.2) is 97.8 Å². The van der Waals surface area contributed by atoms with E-state index in [2.05, 4.69) is 4.58 Å². The van der Waals surface area contributed by atoms with Crippen LogP contribution in [0, 0.1) is 0 Å². The van der Waals surface area contributed by atoms with Crippen LogP contribution < -0.4 is 4.90 Å². The average Bonchev–Trinajstić information content (AvgIpc) is 3.60. The van der Waals surface area contributed by atoms with Crippen molar-refractivity contribution in [1.82, 2.24) is 0 Å². The van der Waals surface area contributed by atoms with Gasteiger partial charge in [-0.3, -0.25) is 23.0 Å². The van der Waals surface area contributed by atoms with Gasteiger partial charge < -0.3 is 10.0 Å². The van der Waals surface area contributed by atoms with Crippen LogP contribution >= 0.6 is 0 Å². The molecule has 16 nitrogen and oxygen atoms in total. The summed E-state index contributed by atoms with van der Waals surface area (Å²) in [5.41, 5.74) is 3.31. The van der Waals surface area contributed by atoms with E-state index in [1.165, 1.54) is 24.3 Å². The van der Waals surface area contributed by atoms with Crippen molar-refractivity contribution in [2.24, 2.45) is 0 Å². The van der Waals surface area contributed by atoms with E-state index in [0.717, 1.165) is 17.0 Å². The Hall–Kier alpha value is -4.80. The molecule has 0 saturated heterocycles. The van der Waals surface area contributed by atoms with Crippen LogP contribution in [0.2, 0.25) is 0 Å². The lowest BCUT2D eigenvalue weighted by Crippen LogP contribution is -2.31. The number of allylic oxidation sites excluding steroid dienone is 14. The van der Waals surface area contributed by atoms with E-state index in [-0.39, 0.29) is 29.1 Å². The zero-order valence-electron chi connectivity index (χ0n) is 38.1. The minimum Gasteiger partial charge on any atom is -0.481 e. The van der Waals surface area contributed by atoms with Crippen LogP contribution in [0.25, 0.3) is 0 Å². The second kappa shape index (κ2) is 22.7. The number of fused-ring (bicyclic) bond motifs is 2. The molecular weight excluding hydrogens is 957 g/mol. The molecule has 0 fully saturated rings. The van der Waals surface area contributed by atoms with Crippen LogP contribution in [-0.2, 0) is 56.1 Å². The van der Waals surface area contributed by atoms with Gasteiger partial charge in [-0.1, -0.05) is 80.0 Å². The fourth-order valence-electron chi connectivity index (χ4n) is 9.21. The molecule has 5 rings (SSSR count). The topological polar surface area (TPSA) is 261 Å². The van der Waals surface area contributed by atoms with Crippen LogP contribution in [0.4, 0.5) is 11.4 Å². The summed E-state index contributed by atoms with van der Waals surface area (Å²) in [6, 6.07) is 8.73. The molecule has 370 valence electrons. The van der Waals surface area contributed by atoms with E-state index in [1.54, 1.807) is 30.4 Å². The van der Waals surface area contributed by atoms with Gasteiger partial charge in [0.15, 0.2) is 5.71 Å². The Labute approximate surface area is 400 Å². The molecular formula is C48H61N2O14S4+. The number of carboxylic acids is 1. The lowest BCUT2D eigenvalue weighted by molar-refractivity contribution is -0.438. The van der Waals surface area contributed by atoms with Gasteiger partial charge in [0.1, 0.15) is 6.54 Å². The van der Waals surface area contributed by atoms with Crippen LogP contribution in [0.3, 0.4) is 0 Å². The average molecular weight is 1020 g/mol. The highest BCUT2D eigenvalue weighted by atomic mass is 32.2. The second-order valence-corrected chi connectivity index (χ2v) is 23.6. The maximum atomic E-state index is 12.4. The van der Waals surface area contributed by atoms with E-state index in [4.69, 9.17) is 0 Å². The molecule has 1 aliphatic carbocycles. The molecule has 68 heavy (non-hydrogen) atoms. The number of carboxylic acid groups (broad SMARTS) is 1. The Kier molecular flexibility index (Phi) is 18.1. The van der Waals surface area contributed by atoms with E-state index in [1.807, 2.05) is 73.4 Å². The van der Waals surface area contributed by atoms with Crippen molar-refractivity contribution in [1.29, 1.82) is 0 Å². The number of benzene rings is 2. The van der Waals surface area contributed by atoms with Gasteiger partial charge in [-0.15, -0.1) is 0 Å². The first-order valence-electron chi connectivity index (χ1n) is 22.4. The fraction of sp³-hybridized carbons (Fsp3) is 0.417. The first-order chi connectivity index (χ1) is 31.8. The van der Waals surface area contributed by atoms with Crippen LogP contribution in [0.1, 0.15) is 102 Å². The zero-order valence-corrected chi connectivity index (χ0v) is 41.4.